The van der Waals surface area contributed by atoms with Crippen LogP contribution in [0.3, 0.4) is 0 Å². The Labute approximate surface area is 202 Å². The molecule has 0 radical (unpaired) electrons. The van der Waals surface area contributed by atoms with E-state index < -0.39 is 0 Å². The third-order valence-electron chi connectivity index (χ3n) is 6.28. The highest BCUT2D eigenvalue weighted by Crippen LogP contribution is 2.41. The van der Waals surface area contributed by atoms with Crippen molar-refractivity contribution >= 4 is 47.2 Å². The minimum absolute atomic E-state index is 0. The highest BCUT2D eigenvalue weighted by atomic mass is 127. The lowest BCUT2D eigenvalue weighted by atomic mass is 9.73. The number of hydrogen-bond acceptors (Lipinski definition) is 4. The van der Waals surface area contributed by atoms with Crippen LogP contribution >= 0.6 is 35.3 Å². The van der Waals surface area contributed by atoms with Crippen LogP contribution in [-0.2, 0) is 10.2 Å². The molecule has 2 fully saturated rings. The molecule has 170 valence electrons. The van der Waals surface area contributed by atoms with E-state index in [4.69, 9.17) is 4.99 Å². The molecule has 0 spiro atoms. The van der Waals surface area contributed by atoms with Crippen molar-refractivity contribution in [1.29, 1.82) is 0 Å². The van der Waals surface area contributed by atoms with Gasteiger partial charge in [-0.2, -0.15) is 0 Å². The molecule has 1 aliphatic carbocycles. The third-order valence-corrected chi connectivity index (χ3v) is 7.39. The van der Waals surface area contributed by atoms with Crippen LogP contribution in [0.25, 0.3) is 0 Å². The summed E-state index contributed by atoms with van der Waals surface area (Å²) >= 11 is 1.89. The quantitative estimate of drug-likeness (QED) is 0.313. The molecule has 1 aromatic rings. The number of nitrogens with zero attached hydrogens (tertiary/aromatic N) is 3. The average Bonchev–Trinajstić information content (AvgIpc) is 3.29. The monoisotopic (exact) mass is 547 g/mol. The first-order valence-electron chi connectivity index (χ1n) is 11.2. The SMILES string of the molecule is CCNC(=NCC1(c2cccs2)CCCCC1)NCCN1CCN(C(C)=O)CC1.I. The predicted octanol–water partition coefficient (Wildman–Crippen LogP) is 3.29. The largest absolute Gasteiger partial charge is 0.357 e. The molecule has 6 nitrogen and oxygen atoms in total. The van der Waals surface area contributed by atoms with Crippen molar-refractivity contribution in [3.63, 3.8) is 0 Å². The fourth-order valence-corrected chi connectivity index (χ4v) is 5.46. The molecule has 30 heavy (non-hydrogen) atoms. The van der Waals surface area contributed by atoms with Crippen LogP contribution in [0.1, 0.15) is 50.8 Å². The summed E-state index contributed by atoms with van der Waals surface area (Å²) in [5.41, 5.74) is 0.220. The molecule has 0 atom stereocenters. The summed E-state index contributed by atoms with van der Waals surface area (Å²) in [4.78, 5) is 22.3. The fourth-order valence-electron chi connectivity index (χ4n) is 4.48. The lowest BCUT2D eigenvalue weighted by Crippen LogP contribution is -2.50. The number of guanidine groups is 1. The Bertz CT molecular complexity index is 652. The first-order valence-corrected chi connectivity index (χ1v) is 12.0. The predicted molar refractivity (Wildman–Crippen MR) is 137 cm³/mol. The molecule has 0 aromatic carbocycles. The molecule has 0 unspecified atom stereocenters. The summed E-state index contributed by atoms with van der Waals surface area (Å²) in [5.74, 6) is 1.11. The number of hydrogen-bond donors (Lipinski definition) is 2. The van der Waals surface area contributed by atoms with Crippen LogP contribution < -0.4 is 10.6 Å². The van der Waals surface area contributed by atoms with Crippen LogP contribution in [-0.4, -0.2) is 74.0 Å². The molecule has 2 heterocycles. The van der Waals surface area contributed by atoms with Gasteiger partial charge in [0.2, 0.25) is 5.91 Å². The Balaban J connectivity index is 0.00000320. The van der Waals surface area contributed by atoms with E-state index in [0.717, 1.165) is 58.3 Å². The van der Waals surface area contributed by atoms with E-state index in [9.17, 15) is 4.79 Å². The van der Waals surface area contributed by atoms with E-state index in [1.807, 2.05) is 16.2 Å². The second kappa shape index (κ2) is 12.9. The summed E-state index contributed by atoms with van der Waals surface area (Å²) in [6, 6.07) is 4.47. The second-order valence-electron chi connectivity index (χ2n) is 8.29. The molecule has 1 saturated heterocycles. The second-order valence-corrected chi connectivity index (χ2v) is 9.24. The van der Waals surface area contributed by atoms with Gasteiger partial charge in [0.25, 0.3) is 0 Å². The lowest BCUT2D eigenvalue weighted by molar-refractivity contribution is -0.130. The van der Waals surface area contributed by atoms with E-state index in [-0.39, 0.29) is 35.3 Å². The van der Waals surface area contributed by atoms with Gasteiger partial charge in [0.05, 0.1) is 6.54 Å². The molecular weight excluding hydrogens is 509 g/mol. The van der Waals surface area contributed by atoms with Gasteiger partial charge in [0.15, 0.2) is 5.96 Å². The van der Waals surface area contributed by atoms with Crippen molar-refractivity contribution in [2.24, 2.45) is 4.99 Å². The number of thiophene rings is 1. The summed E-state index contributed by atoms with van der Waals surface area (Å²) in [7, 11) is 0. The topological polar surface area (TPSA) is 60.0 Å². The molecule has 3 rings (SSSR count). The average molecular weight is 548 g/mol. The van der Waals surface area contributed by atoms with E-state index in [1.54, 1.807) is 6.92 Å². The van der Waals surface area contributed by atoms with Gasteiger partial charge < -0.3 is 15.5 Å². The summed E-state index contributed by atoms with van der Waals surface area (Å²) in [6.45, 7) is 10.9. The summed E-state index contributed by atoms with van der Waals surface area (Å²) < 4.78 is 0. The maximum Gasteiger partial charge on any atom is 0.219 e. The smallest absolute Gasteiger partial charge is 0.219 e. The van der Waals surface area contributed by atoms with E-state index in [1.165, 1.54) is 37.0 Å². The van der Waals surface area contributed by atoms with Crippen molar-refractivity contribution in [2.45, 2.75) is 51.4 Å². The van der Waals surface area contributed by atoms with Gasteiger partial charge in [0, 0.05) is 63.0 Å². The Hall–Kier alpha value is -0.870. The highest BCUT2D eigenvalue weighted by Gasteiger charge is 2.34. The highest BCUT2D eigenvalue weighted by molar-refractivity contribution is 14.0. The van der Waals surface area contributed by atoms with Crippen LogP contribution in [0.5, 0.6) is 0 Å². The zero-order chi connectivity index (χ0) is 20.5. The van der Waals surface area contributed by atoms with Crippen molar-refractivity contribution in [2.75, 3.05) is 52.4 Å². The maximum absolute atomic E-state index is 11.5. The number of amides is 1. The van der Waals surface area contributed by atoms with Gasteiger partial charge in [0.1, 0.15) is 0 Å². The van der Waals surface area contributed by atoms with Crippen LogP contribution in [0, 0.1) is 0 Å². The standard InChI is InChI=1S/C22H37N5OS.HI/c1-3-23-21(24-11-12-26-13-15-27(16-14-26)19(2)28)25-18-22(9-5-4-6-10-22)20-8-7-17-29-20;/h7-8,17H,3-6,9-16,18H2,1-2H3,(H2,23,24,25);1H. The Morgan fingerprint density at radius 3 is 2.50 bits per heavy atom. The van der Waals surface area contributed by atoms with Gasteiger partial charge in [-0.25, -0.2) is 0 Å². The van der Waals surface area contributed by atoms with E-state index in [0.29, 0.717) is 0 Å². The molecule has 1 amide bonds. The summed E-state index contributed by atoms with van der Waals surface area (Å²) in [6.07, 6.45) is 6.47. The number of carbonyl (C=O) groups excluding carboxylic acids is 1. The fraction of sp³-hybridized carbons (Fsp3) is 0.727. The molecule has 1 aromatic heterocycles. The summed E-state index contributed by atoms with van der Waals surface area (Å²) in [5, 5.41) is 9.14. The van der Waals surface area contributed by atoms with Gasteiger partial charge in [-0.3, -0.25) is 14.7 Å². The van der Waals surface area contributed by atoms with Crippen molar-refractivity contribution in [1.82, 2.24) is 20.4 Å². The number of piperazine rings is 1. The Morgan fingerprint density at radius 2 is 1.90 bits per heavy atom. The van der Waals surface area contributed by atoms with Gasteiger partial charge in [-0.05, 0) is 31.2 Å². The van der Waals surface area contributed by atoms with Gasteiger partial charge in [-0.15, -0.1) is 35.3 Å². The minimum atomic E-state index is 0. The molecule has 2 aliphatic rings. The van der Waals surface area contributed by atoms with Gasteiger partial charge >= 0.3 is 0 Å². The van der Waals surface area contributed by atoms with Crippen molar-refractivity contribution in [3.8, 4) is 0 Å². The zero-order valence-corrected chi connectivity index (χ0v) is 21.6. The number of rotatable bonds is 7. The molecule has 1 saturated carbocycles. The molecule has 0 bridgehead atoms. The van der Waals surface area contributed by atoms with Crippen LogP contribution in [0.15, 0.2) is 22.5 Å². The molecule has 8 heteroatoms. The van der Waals surface area contributed by atoms with Crippen LogP contribution in [0.2, 0.25) is 0 Å². The van der Waals surface area contributed by atoms with E-state index >= 15 is 0 Å². The Morgan fingerprint density at radius 1 is 1.17 bits per heavy atom. The Kier molecular flexibility index (Phi) is 10.9. The number of nitrogens with one attached hydrogen (secondary N) is 2. The maximum atomic E-state index is 11.5. The first kappa shape index (κ1) is 25.4. The number of carbonyl (C=O) groups is 1. The minimum Gasteiger partial charge on any atom is -0.357 e. The zero-order valence-electron chi connectivity index (χ0n) is 18.5. The number of aliphatic imine (C=N–C) groups is 1. The van der Waals surface area contributed by atoms with Crippen molar-refractivity contribution < 1.29 is 4.79 Å². The normalized spacial score (nSPS) is 19.8. The van der Waals surface area contributed by atoms with Gasteiger partial charge in [-0.1, -0.05) is 25.3 Å². The molecule has 2 N–H and O–H groups in total. The third kappa shape index (κ3) is 7.09. The molecule has 1 aliphatic heterocycles. The van der Waals surface area contributed by atoms with E-state index in [2.05, 4.69) is 40.0 Å². The number of halogens is 1. The van der Waals surface area contributed by atoms with Crippen LogP contribution in [0.4, 0.5) is 0 Å². The lowest BCUT2D eigenvalue weighted by Gasteiger charge is -2.35. The first-order chi connectivity index (χ1) is 14.1. The molecular formula is C22H38IN5OS. The van der Waals surface area contributed by atoms with Crippen molar-refractivity contribution in [3.05, 3.63) is 22.4 Å².